The summed E-state index contributed by atoms with van der Waals surface area (Å²) in [5.74, 6) is 0.393. The van der Waals surface area contributed by atoms with Crippen LogP contribution in [-0.4, -0.2) is 33.6 Å². The van der Waals surface area contributed by atoms with Crippen LogP contribution in [0.3, 0.4) is 0 Å². The van der Waals surface area contributed by atoms with Gasteiger partial charge in [0, 0.05) is 18.7 Å². The van der Waals surface area contributed by atoms with Gasteiger partial charge in [0.25, 0.3) is 5.56 Å². The average molecular weight is 449 g/mol. The molecule has 1 saturated heterocycles. The van der Waals surface area contributed by atoms with Crippen molar-refractivity contribution in [2.75, 3.05) is 18.0 Å². The Labute approximate surface area is 189 Å². The highest BCUT2D eigenvalue weighted by Crippen LogP contribution is 2.34. The summed E-state index contributed by atoms with van der Waals surface area (Å²) in [6.07, 6.45) is 5.03. The summed E-state index contributed by atoms with van der Waals surface area (Å²) in [4.78, 5) is 33.3. The van der Waals surface area contributed by atoms with Crippen LogP contribution in [0.1, 0.15) is 40.7 Å². The largest absolute Gasteiger partial charge is 0.463 e. The minimum atomic E-state index is -0.354. The number of furan rings is 1. The van der Waals surface area contributed by atoms with E-state index in [9.17, 15) is 9.59 Å². The maximum atomic E-state index is 13.3. The summed E-state index contributed by atoms with van der Waals surface area (Å²) in [5.41, 5.74) is 3.09. The summed E-state index contributed by atoms with van der Waals surface area (Å²) < 4.78 is 7.52. The van der Waals surface area contributed by atoms with Crippen molar-refractivity contribution < 1.29 is 9.21 Å². The van der Waals surface area contributed by atoms with Gasteiger partial charge in [0.1, 0.15) is 12.2 Å². The number of anilines is 1. The predicted molar refractivity (Wildman–Crippen MR) is 126 cm³/mol. The first kappa shape index (κ1) is 20.6. The highest BCUT2D eigenvalue weighted by Gasteiger charge is 2.23. The monoisotopic (exact) mass is 448 g/mol. The molecule has 0 atom stereocenters. The van der Waals surface area contributed by atoms with Gasteiger partial charge in [-0.25, -0.2) is 9.67 Å². The van der Waals surface area contributed by atoms with Crippen molar-refractivity contribution in [1.82, 2.24) is 14.8 Å². The molecule has 1 aliphatic heterocycles. The lowest BCUT2D eigenvalue weighted by Crippen LogP contribution is -2.29. The van der Waals surface area contributed by atoms with E-state index < -0.39 is 0 Å². The number of Topliss-reactive ketones (excluding diaryl/α,β-unsaturated/α-hetero) is 1. The van der Waals surface area contributed by atoms with Crippen molar-refractivity contribution in [2.45, 2.75) is 39.7 Å². The maximum Gasteiger partial charge on any atom is 0.294 e. The van der Waals surface area contributed by atoms with Crippen molar-refractivity contribution in [3.63, 3.8) is 0 Å². The second-order valence-corrected chi connectivity index (χ2v) is 9.23. The van der Waals surface area contributed by atoms with E-state index in [-0.39, 0.29) is 17.9 Å². The maximum absolute atomic E-state index is 13.3. The van der Waals surface area contributed by atoms with Gasteiger partial charge in [-0.3, -0.25) is 9.59 Å². The number of carbonyl (C=O) groups excluding carboxylic acids is 1. The third-order valence-corrected chi connectivity index (χ3v) is 6.97. The fourth-order valence-corrected chi connectivity index (χ4v) is 5.30. The third kappa shape index (κ3) is 3.75. The predicted octanol–water partition coefficient (Wildman–Crippen LogP) is 4.60. The zero-order chi connectivity index (χ0) is 22.2. The standard InChI is InChI=1S/C24H24N4O3S/c1-15-8-9-17(16(2)13-15)18(29)14-28-23(30)21-22(20(26-28)19-7-6-12-31-19)32-24(25-21)27-10-4-3-5-11-27/h6-9,12-13H,3-5,10-11,14H2,1-2H3. The second kappa shape index (κ2) is 8.35. The molecule has 32 heavy (non-hydrogen) atoms. The van der Waals surface area contributed by atoms with Gasteiger partial charge in [0.05, 0.1) is 11.0 Å². The van der Waals surface area contributed by atoms with Crippen molar-refractivity contribution in [3.05, 3.63) is 63.6 Å². The van der Waals surface area contributed by atoms with E-state index in [1.807, 2.05) is 32.0 Å². The number of aryl methyl sites for hydroxylation is 2. The molecule has 0 aliphatic carbocycles. The molecule has 0 amide bonds. The number of benzene rings is 1. The molecular formula is C24H24N4O3S. The molecule has 1 aromatic carbocycles. The van der Waals surface area contributed by atoms with E-state index in [2.05, 4.69) is 10.00 Å². The molecule has 164 valence electrons. The Balaban J connectivity index is 1.60. The van der Waals surface area contributed by atoms with E-state index >= 15 is 0 Å². The van der Waals surface area contributed by atoms with Crippen molar-refractivity contribution in [2.24, 2.45) is 0 Å². The molecule has 0 spiro atoms. The fraction of sp³-hybridized carbons (Fsp3) is 0.333. The van der Waals surface area contributed by atoms with Crippen molar-refractivity contribution in [3.8, 4) is 11.5 Å². The van der Waals surface area contributed by atoms with Crippen LogP contribution in [0.15, 0.2) is 45.8 Å². The molecule has 7 nitrogen and oxygen atoms in total. The number of hydrogen-bond donors (Lipinski definition) is 0. The molecule has 5 rings (SSSR count). The second-order valence-electron chi connectivity index (χ2n) is 8.25. The number of fused-ring (bicyclic) bond motifs is 1. The lowest BCUT2D eigenvalue weighted by Gasteiger charge is -2.25. The van der Waals surface area contributed by atoms with E-state index in [0.29, 0.717) is 27.2 Å². The van der Waals surface area contributed by atoms with Gasteiger partial charge in [-0.15, -0.1) is 0 Å². The van der Waals surface area contributed by atoms with E-state index in [0.717, 1.165) is 42.2 Å². The number of rotatable bonds is 5. The Morgan fingerprint density at radius 1 is 1.16 bits per heavy atom. The summed E-state index contributed by atoms with van der Waals surface area (Å²) in [7, 11) is 0. The molecule has 4 aromatic rings. The summed E-state index contributed by atoms with van der Waals surface area (Å²) in [6.45, 7) is 5.60. The van der Waals surface area contributed by atoms with Crippen LogP contribution in [0.25, 0.3) is 21.7 Å². The summed E-state index contributed by atoms with van der Waals surface area (Å²) in [6, 6.07) is 9.27. The van der Waals surface area contributed by atoms with Gasteiger partial charge >= 0.3 is 0 Å². The lowest BCUT2D eigenvalue weighted by atomic mass is 10.0. The van der Waals surface area contributed by atoms with Crippen LogP contribution < -0.4 is 10.5 Å². The molecule has 0 radical (unpaired) electrons. The minimum Gasteiger partial charge on any atom is -0.463 e. The number of carbonyl (C=O) groups is 1. The normalized spacial score (nSPS) is 14.2. The SMILES string of the molecule is Cc1ccc(C(=O)Cn2nc(-c3ccco3)c3sc(N4CCCCC4)nc3c2=O)c(C)c1. The van der Waals surface area contributed by atoms with Gasteiger partial charge in [0.2, 0.25) is 0 Å². The van der Waals surface area contributed by atoms with Crippen molar-refractivity contribution in [1.29, 1.82) is 0 Å². The van der Waals surface area contributed by atoms with E-state index in [1.165, 1.54) is 22.4 Å². The highest BCUT2D eigenvalue weighted by atomic mass is 32.1. The molecule has 8 heteroatoms. The number of hydrogen-bond acceptors (Lipinski definition) is 7. The summed E-state index contributed by atoms with van der Waals surface area (Å²) >= 11 is 1.46. The third-order valence-electron chi connectivity index (χ3n) is 5.85. The Morgan fingerprint density at radius 3 is 2.69 bits per heavy atom. The van der Waals surface area contributed by atoms with Crippen molar-refractivity contribution >= 4 is 32.5 Å². The molecule has 0 bridgehead atoms. The molecule has 3 aromatic heterocycles. The minimum absolute atomic E-state index is 0.150. The van der Waals surface area contributed by atoms with Crippen LogP contribution in [0.5, 0.6) is 0 Å². The fourth-order valence-electron chi connectivity index (χ4n) is 4.20. The molecule has 0 N–H and O–H groups in total. The number of thiazole rings is 1. The van der Waals surface area contributed by atoms with Gasteiger partial charge in [-0.1, -0.05) is 35.1 Å². The molecule has 1 aliphatic rings. The Kier molecular flexibility index (Phi) is 5.38. The lowest BCUT2D eigenvalue weighted by molar-refractivity contribution is 0.0965. The molecule has 0 saturated carbocycles. The number of aromatic nitrogens is 3. The van der Waals surface area contributed by atoms with Crippen LogP contribution in [0.2, 0.25) is 0 Å². The van der Waals surface area contributed by atoms with Gasteiger partial charge in [0.15, 0.2) is 22.2 Å². The topological polar surface area (TPSA) is 81.2 Å². The first-order valence-corrected chi connectivity index (χ1v) is 11.6. The van der Waals surface area contributed by atoms with Gasteiger partial charge in [-0.05, 0) is 50.8 Å². The van der Waals surface area contributed by atoms with E-state index in [1.54, 1.807) is 18.4 Å². The smallest absolute Gasteiger partial charge is 0.294 e. The first-order valence-electron chi connectivity index (χ1n) is 10.8. The molecule has 4 heterocycles. The van der Waals surface area contributed by atoms with Crippen LogP contribution in [0.4, 0.5) is 5.13 Å². The van der Waals surface area contributed by atoms with Gasteiger partial charge in [-0.2, -0.15) is 5.10 Å². The quantitative estimate of drug-likeness (QED) is 0.415. The number of nitrogens with zero attached hydrogens (tertiary/aromatic N) is 4. The molecule has 0 unspecified atom stereocenters. The average Bonchev–Trinajstić information content (AvgIpc) is 3.47. The Morgan fingerprint density at radius 2 is 1.97 bits per heavy atom. The number of piperidine rings is 1. The Hall–Kier alpha value is -3.26. The first-order chi connectivity index (χ1) is 15.5. The number of ketones is 1. The summed E-state index contributed by atoms with van der Waals surface area (Å²) in [5, 5.41) is 5.38. The Bertz CT molecular complexity index is 1350. The van der Waals surface area contributed by atoms with E-state index in [4.69, 9.17) is 9.40 Å². The molecular weight excluding hydrogens is 424 g/mol. The van der Waals surface area contributed by atoms with Crippen LogP contribution in [-0.2, 0) is 6.54 Å². The van der Waals surface area contributed by atoms with Crippen LogP contribution >= 0.6 is 11.3 Å². The highest BCUT2D eigenvalue weighted by molar-refractivity contribution is 7.22. The molecule has 1 fully saturated rings. The zero-order valence-electron chi connectivity index (χ0n) is 18.1. The van der Waals surface area contributed by atoms with Crippen LogP contribution in [0, 0.1) is 13.8 Å². The zero-order valence-corrected chi connectivity index (χ0v) is 18.9. The van der Waals surface area contributed by atoms with Gasteiger partial charge < -0.3 is 9.32 Å².